The predicted octanol–water partition coefficient (Wildman–Crippen LogP) is 1.18. The molecule has 5 nitrogen and oxygen atoms in total. The van der Waals surface area contributed by atoms with E-state index < -0.39 is 0 Å². The van der Waals surface area contributed by atoms with Crippen LogP contribution in [-0.4, -0.2) is 49.6 Å². The van der Waals surface area contributed by atoms with Crippen LogP contribution in [0.3, 0.4) is 0 Å². The molecule has 1 saturated heterocycles. The summed E-state index contributed by atoms with van der Waals surface area (Å²) in [5.41, 5.74) is 0.00710. The molecule has 2 fully saturated rings. The number of nitrogens with zero attached hydrogens (tertiary/aromatic N) is 1. The molecule has 20 heavy (non-hydrogen) atoms. The Hall–Kier alpha value is -1.10. The maximum Gasteiger partial charge on any atom is 0.245 e. The second kappa shape index (κ2) is 6.12. The van der Waals surface area contributed by atoms with Crippen LogP contribution in [-0.2, 0) is 14.3 Å². The van der Waals surface area contributed by atoms with Gasteiger partial charge in [-0.3, -0.25) is 9.59 Å². The predicted molar refractivity (Wildman–Crippen MR) is 76.1 cm³/mol. The van der Waals surface area contributed by atoms with Crippen LogP contribution < -0.4 is 5.32 Å². The zero-order valence-corrected chi connectivity index (χ0v) is 12.8. The van der Waals surface area contributed by atoms with Gasteiger partial charge in [0.05, 0.1) is 0 Å². The van der Waals surface area contributed by atoms with E-state index in [1.165, 1.54) is 0 Å². The molecule has 0 radical (unpaired) electrons. The van der Waals surface area contributed by atoms with Crippen molar-refractivity contribution in [3.8, 4) is 0 Å². The Balaban J connectivity index is 2.01. The van der Waals surface area contributed by atoms with Gasteiger partial charge >= 0.3 is 0 Å². The summed E-state index contributed by atoms with van der Waals surface area (Å²) in [4.78, 5) is 26.2. The van der Waals surface area contributed by atoms with Crippen molar-refractivity contribution in [2.75, 3.05) is 26.8 Å². The fourth-order valence-corrected chi connectivity index (χ4v) is 2.73. The van der Waals surface area contributed by atoms with E-state index >= 15 is 0 Å². The highest BCUT2D eigenvalue weighted by atomic mass is 16.5. The van der Waals surface area contributed by atoms with Crippen LogP contribution in [0.5, 0.6) is 0 Å². The summed E-state index contributed by atoms with van der Waals surface area (Å²) in [6.07, 6.45) is 3.42. The first-order valence-electron chi connectivity index (χ1n) is 7.50. The number of methoxy groups -OCH3 is 1. The van der Waals surface area contributed by atoms with Gasteiger partial charge in [0.1, 0.15) is 6.04 Å². The third-order valence-corrected chi connectivity index (χ3v) is 4.20. The van der Waals surface area contributed by atoms with E-state index in [2.05, 4.69) is 19.2 Å². The van der Waals surface area contributed by atoms with Gasteiger partial charge in [0.25, 0.3) is 0 Å². The summed E-state index contributed by atoms with van der Waals surface area (Å²) in [6, 6.07) is -0.289. The molecule has 114 valence electrons. The molecule has 2 amide bonds. The van der Waals surface area contributed by atoms with Gasteiger partial charge in [-0.2, -0.15) is 0 Å². The van der Waals surface area contributed by atoms with Gasteiger partial charge in [-0.15, -0.1) is 0 Å². The molecule has 1 aliphatic carbocycles. The number of hydrogen-bond acceptors (Lipinski definition) is 3. The maximum absolute atomic E-state index is 12.6. The van der Waals surface area contributed by atoms with Gasteiger partial charge in [0.2, 0.25) is 11.8 Å². The SMILES string of the molecule is COCCC(C)(C)CN1CCC(=O)NC(C2CC2)C1=O. The van der Waals surface area contributed by atoms with Crippen LogP contribution in [0, 0.1) is 11.3 Å². The fraction of sp³-hybridized carbons (Fsp3) is 0.867. The smallest absolute Gasteiger partial charge is 0.245 e. The van der Waals surface area contributed by atoms with E-state index in [-0.39, 0.29) is 23.3 Å². The highest BCUT2D eigenvalue weighted by Crippen LogP contribution is 2.34. The lowest BCUT2D eigenvalue weighted by molar-refractivity contribution is -0.135. The zero-order valence-electron chi connectivity index (χ0n) is 12.8. The van der Waals surface area contributed by atoms with Gasteiger partial charge in [-0.1, -0.05) is 13.8 Å². The second-order valence-corrected chi connectivity index (χ2v) is 6.80. The van der Waals surface area contributed by atoms with Gasteiger partial charge in [-0.25, -0.2) is 0 Å². The second-order valence-electron chi connectivity index (χ2n) is 6.80. The van der Waals surface area contributed by atoms with E-state index in [0.717, 1.165) is 19.3 Å². The summed E-state index contributed by atoms with van der Waals surface area (Å²) in [7, 11) is 1.69. The van der Waals surface area contributed by atoms with E-state index in [1.807, 2.05) is 4.90 Å². The van der Waals surface area contributed by atoms with Crippen molar-refractivity contribution in [2.45, 2.75) is 45.6 Å². The van der Waals surface area contributed by atoms with Gasteiger partial charge in [-0.05, 0) is 30.6 Å². The third kappa shape index (κ3) is 3.95. The number of carbonyl (C=O) groups is 2. The van der Waals surface area contributed by atoms with E-state index in [1.54, 1.807) is 7.11 Å². The number of amides is 2. The molecule has 1 N–H and O–H groups in total. The van der Waals surface area contributed by atoms with Crippen molar-refractivity contribution >= 4 is 11.8 Å². The van der Waals surface area contributed by atoms with Crippen LogP contribution in [0.25, 0.3) is 0 Å². The highest BCUT2D eigenvalue weighted by Gasteiger charge is 2.41. The molecular formula is C15H26N2O3. The Morgan fingerprint density at radius 1 is 1.35 bits per heavy atom. The Kier molecular flexibility index (Phi) is 4.68. The number of nitrogens with one attached hydrogen (secondary N) is 1. The lowest BCUT2D eigenvalue weighted by atomic mass is 9.88. The van der Waals surface area contributed by atoms with Gasteiger partial charge < -0.3 is 15.0 Å². The molecule has 2 rings (SSSR count). The third-order valence-electron chi connectivity index (χ3n) is 4.20. The van der Waals surface area contributed by atoms with E-state index in [9.17, 15) is 9.59 Å². The Bertz CT molecular complexity index is 377. The zero-order chi connectivity index (χ0) is 14.8. The van der Waals surface area contributed by atoms with Crippen molar-refractivity contribution in [1.29, 1.82) is 0 Å². The van der Waals surface area contributed by atoms with Crippen LogP contribution in [0.1, 0.15) is 39.5 Å². The lowest BCUT2D eigenvalue weighted by Gasteiger charge is -2.33. The first-order chi connectivity index (χ1) is 9.43. The molecule has 0 bridgehead atoms. The van der Waals surface area contributed by atoms with Crippen LogP contribution in [0.15, 0.2) is 0 Å². The Morgan fingerprint density at radius 2 is 2.05 bits per heavy atom. The monoisotopic (exact) mass is 282 g/mol. The van der Waals surface area contributed by atoms with Crippen LogP contribution in [0.4, 0.5) is 0 Å². The number of ether oxygens (including phenoxy) is 1. The van der Waals surface area contributed by atoms with Gasteiger partial charge in [0.15, 0.2) is 0 Å². The fourth-order valence-electron chi connectivity index (χ4n) is 2.73. The van der Waals surface area contributed by atoms with Crippen molar-refractivity contribution in [3.63, 3.8) is 0 Å². The van der Waals surface area contributed by atoms with Crippen LogP contribution >= 0.6 is 0 Å². The molecule has 0 aromatic rings. The summed E-state index contributed by atoms with van der Waals surface area (Å²) in [5, 5.41) is 2.89. The molecule has 1 aliphatic heterocycles. The number of carbonyl (C=O) groups excluding carboxylic acids is 2. The molecule has 1 unspecified atom stereocenters. The minimum absolute atomic E-state index is 0.00690. The molecule has 0 spiro atoms. The standard InChI is InChI=1S/C15H26N2O3/c1-15(2,7-9-20-3)10-17-8-6-12(18)16-13(14(17)19)11-4-5-11/h11,13H,4-10H2,1-3H3,(H,16,18). The number of hydrogen-bond donors (Lipinski definition) is 1. The largest absolute Gasteiger partial charge is 0.385 e. The van der Waals surface area contributed by atoms with Crippen LogP contribution in [0.2, 0.25) is 0 Å². The van der Waals surface area contributed by atoms with Crippen molar-refractivity contribution in [1.82, 2.24) is 10.2 Å². The maximum atomic E-state index is 12.6. The van der Waals surface area contributed by atoms with Crippen molar-refractivity contribution in [2.24, 2.45) is 11.3 Å². The quantitative estimate of drug-likeness (QED) is 0.796. The first-order valence-corrected chi connectivity index (χ1v) is 7.50. The molecule has 0 aromatic heterocycles. The average Bonchev–Trinajstić information content (AvgIpc) is 3.21. The highest BCUT2D eigenvalue weighted by molar-refractivity contribution is 5.90. The number of rotatable bonds is 6. The molecular weight excluding hydrogens is 256 g/mol. The molecule has 1 heterocycles. The van der Waals surface area contributed by atoms with E-state index in [0.29, 0.717) is 32.0 Å². The Labute approximate surface area is 121 Å². The Morgan fingerprint density at radius 3 is 2.65 bits per heavy atom. The normalized spacial score (nSPS) is 24.6. The van der Waals surface area contributed by atoms with Gasteiger partial charge in [0, 0.05) is 33.2 Å². The summed E-state index contributed by atoms with van der Waals surface area (Å²) in [5.74, 6) is 0.463. The average molecular weight is 282 g/mol. The minimum Gasteiger partial charge on any atom is -0.385 e. The summed E-state index contributed by atoms with van der Waals surface area (Å²) < 4.78 is 5.13. The molecule has 0 aromatic carbocycles. The molecule has 1 atom stereocenters. The topological polar surface area (TPSA) is 58.6 Å². The van der Waals surface area contributed by atoms with Crippen molar-refractivity contribution < 1.29 is 14.3 Å². The summed E-state index contributed by atoms with van der Waals surface area (Å²) in [6.45, 7) is 6.20. The minimum atomic E-state index is -0.289. The molecule has 1 saturated carbocycles. The molecule has 5 heteroatoms. The lowest BCUT2D eigenvalue weighted by Crippen LogP contribution is -2.48. The van der Waals surface area contributed by atoms with Crippen molar-refractivity contribution in [3.05, 3.63) is 0 Å². The van der Waals surface area contributed by atoms with E-state index in [4.69, 9.17) is 4.74 Å². The summed E-state index contributed by atoms with van der Waals surface area (Å²) >= 11 is 0. The molecule has 2 aliphatic rings. The first kappa shape index (κ1) is 15.3.